The second-order valence-corrected chi connectivity index (χ2v) is 6.68. The molecule has 0 unspecified atom stereocenters. The number of aryl methyl sites for hydroxylation is 4. The fourth-order valence-electron chi connectivity index (χ4n) is 4.16. The number of hydrogen-bond donors (Lipinski definition) is 0. The zero-order valence-electron chi connectivity index (χ0n) is 17.1. The third-order valence-corrected chi connectivity index (χ3v) is 5.39. The van der Waals surface area contributed by atoms with Crippen molar-refractivity contribution in [1.82, 2.24) is 0 Å². The van der Waals surface area contributed by atoms with Crippen molar-refractivity contribution in [3.63, 3.8) is 0 Å². The van der Waals surface area contributed by atoms with Gasteiger partial charge in [0.25, 0.3) is 0 Å². The Morgan fingerprint density at radius 2 is 1.00 bits per heavy atom. The normalized spacial score (nSPS) is 10.3. The van der Waals surface area contributed by atoms with Gasteiger partial charge in [0, 0.05) is 0 Å². The first kappa shape index (κ1) is 23.6. The van der Waals surface area contributed by atoms with E-state index in [9.17, 15) is 0 Å². The largest absolute Gasteiger partial charge is 4.00 e. The molecule has 0 saturated heterocycles. The van der Waals surface area contributed by atoms with E-state index in [1.54, 1.807) is 11.1 Å². The molecule has 0 heterocycles. The van der Waals surface area contributed by atoms with Crippen LogP contribution in [0.2, 0.25) is 0 Å². The first-order chi connectivity index (χ1) is 11.8. The van der Waals surface area contributed by atoms with Gasteiger partial charge in [0.15, 0.2) is 0 Å². The van der Waals surface area contributed by atoms with Gasteiger partial charge >= 0.3 is 26.2 Å². The second-order valence-electron chi connectivity index (χ2n) is 6.68. The predicted molar refractivity (Wildman–Crippen MR) is 118 cm³/mol. The fraction of sp³-hybridized carbons (Fsp3) is 0.231. The average Bonchev–Trinajstić information content (AvgIpc) is 3.17. The molecule has 0 fully saturated rings. The minimum atomic E-state index is 0. The van der Waals surface area contributed by atoms with Crippen LogP contribution in [0.5, 0.6) is 0 Å². The minimum absolute atomic E-state index is 0. The van der Waals surface area contributed by atoms with Gasteiger partial charge in [-0.25, -0.2) is 0 Å². The molecule has 0 aliphatic heterocycles. The molecule has 0 N–H and O–H groups in total. The maximum atomic E-state index is 2.38. The van der Waals surface area contributed by atoms with Gasteiger partial charge < -0.3 is 14.9 Å². The molecule has 1 heteroatoms. The van der Waals surface area contributed by atoms with Crippen molar-refractivity contribution in [2.45, 2.75) is 39.5 Å². The Morgan fingerprint density at radius 3 is 1.37 bits per heavy atom. The van der Waals surface area contributed by atoms with Gasteiger partial charge in [-0.15, -0.1) is 81.2 Å². The third kappa shape index (κ3) is 4.35. The van der Waals surface area contributed by atoms with Gasteiger partial charge in [-0.3, -0.25) is 0 Å². The van der Waals surface area contributed by atoms with Gasteiger partial charge in [-0.1, -0.05) is 38.8 Å². The fourth-order valence-corrected chi connectivity index (χ4v) is 4.16. The Labute approximate surface area is 184 Å². The molecule has 0 aliphatic carbocycles. The van der Waals surface area contributed by atoms with Crippen molar-refractivity contribution < 1.29 is 26.2 Å². The molecule has 0 atom stereocenters. The zero-order valence-corrected chi connectivity index (χ0v) is 19.6. The van der Waals surface area contributed by atoms with E-state index >= 15 is 0 Å². The van der Waals surface area contributed by atoms with Crippen LogP contribution in [0.15, 0.2) is 60.7 Å². The van der Waals surface area contributed by atoms with Crippen molar-refractivity contribution in [3.05, 3.63) is 97.8 Å². The Hall–Kier alpha value is -1.46. The molecule has 0 nitrogen and oxygen atoms in total. The standard InChI is InChI=1S/C24H24.2CH3.Zr/c1-3-17-15-19-9-5-7-11-21(19)23(17)13-14-24-18(4-2)16-20-10-6-8-12-22(20)24;;;/h5-12,15-16H,3-4,13-14H2,1-2H3;2*1H3;/q-2;2*-1;+4. The van der Waals surface area contributed by atoms with Gasteiger partial charge in [-0.2, -0.15) is 11.1 Å². The Balaban J connectivity index is 0.00000121. The summed E-state index contributed by atoms with van der Waals surface area (Å²) in [6, 6.07) is 22.4. The van der Waals surface area contributed by atoms with Crippen LogP contribution in [-0.2, 0) is 51.9 Å². The van der Waals surface area contributed by atoms with E-state index in [4.69, 9.17) is 0 Å². The Kier molecular flexibility index (Phi) is 8.90. The Bertz CT molecular complexity index is 902. The topological polar surface area (TPSA) is 0 Å². The maximum absolute atomic E-state index is 2.38. The zero-order chi connectivity index (χ0) is 16.5. The first-order valence-corrected chi connectivity index (χ1v) is 9.14. The van der Waals surface area contributed by atoms with E-state index in [0.717, 1.165) is 25.7 Å². The van der Waals surface area contributed by atoms with Gasteiger partial charge in [-0.05, 0) is 12.8 Å². The SMILES string of the molecule is CCc1[cH-]c2ccccc2c1CCc1c(CC)[cH-]c2ccccc12.[CH3-].[CH3-].[Zr+4]. The minimum Gasteiger partial charge on any atom is -0.358 e. The van der Waals surface area contributed by atoms with E-state index in [2.05, 4.69) is 74.5 Å². The van der Waals surface area contributed by atoms with Gasteiger partial charge in [0.2, 0.25) is 0 Å². The molecule has 0 aromatic heterocycles. The van der Waals surface area contributed by atoms with Crippen molar-refractivity contribution in [2.24, 2.45) is 0 Å². The molecule has 27 heavy (non-hydrogen) atoms. The number of benzene rings is 2. The van der Waals surface area contributed by atoms with Crippen LogP contribution in [0.25, 0.3) is 21.5 Å². The number of fused-ring (bicyclic) bond motifs is 2. The summed E-state index contributed by atoms with van der Waals surface area (Å²) in [5, 5.41) is 5.69. The summed E-state index contributed by atoms with van der Waals surface area (Å²) in [7, 11) is 0. The summed E-state index contributed by atoms with van der Waals surface area (Å²) in [5.41, 5.74) is 6.15. The summed E-state index contributed by atoms with van der Waals surface area (Å²) in [5.74, 6) is 0. The van der Waals surface area contributed by atoms with Crippen LogP contribution in [0, 0.1) is 14.9 Å². The van der Waals surface area contributed by atoms with Crippen molar-refractivity contribution in [2.75, 3.05) is 0 Å². The van der Waals surface area contributed by atoms with Crippen LogP contribution in [0.1, 0.15) is 36.1 Å². The van der Waals surface area contributed by atoms with E-state index in [0.29, 0.717) is 0 Å². The molecule has 0 aliphatic rings. The van der Waals surface area contributed by atoms with E-state index in [1.165, 1.54) is 32.7 Å². The monoisotopic (exact) mass is 432 g/mol. The smallest absolute Gasteiger partial charge is 0.358 e. The second kappa shape index (κ2) is 10.2. The summed E-state index contributed by atoms with van der Waals surface area (Å²) in [4.78, 5) is 0. The van der Waals surface area contributed by atoms with E-state index in [1.807, 2.05) is 0 Å². The molecule has 0 amide bonds. The van der Waals surface area contributed by atoms with Crippen molar-refractivity contribution in [1.29, 1.82) is 0 Å². The number of hydrogen-bond acceptors (Lipinski definition) is 0. The van der Waals surface area contributed by atoms with Crippen molar-refractivity contribution in [3.8, 4) is 0 Å². The van der Waals surface area contributed by atoms with Gasteiger partial charge in [0.05, 0.1) is 0 Å². The van der Waals surface area contributed by atoms with Crippen LogP contribution in [0.4, 0.5) is 0 Å². The van der Waals surface area contributed by atoms with Crippen LogP contribution < -0.4 is 0 Å². The van der Waals surface area contributed by atoms with E-state index in [-0.39, 0.29) is 41.1 Å². The summed E-state index contributed by atoms with van der Waals surface area (Å²) in [6.45, 7) is 4.54. The van der Waals surface area contributed by atoms with Crippen LogP contribution in [-0.4, -0.2) is 0 Å². The molecule has 4 rings (SSSR count). The quantitative estimate of drug-likeness (QED) is 0.291. The van der Waals surface area contributed by atoms with Crippen molar-refractivity contribution >= 4 is 21.5 Å². The van der Waals surface area contributed by atoms with Crippen LogP contribution >= 0.6 is 0 Å². The average molecular weight is 434 g/mol. The molecular weight excluding hydrogens is 404 g/mol. The molecule has 0 spiro atoms. The molecule has 0 radical (unpaired) electrons. The molecular formula is C26H30Zr. The molecule has 0 saturated carbocycles. The van der Waals surface area contributed by atoms with Crippen LogP contribution in [0.3, 0.4) is 0 Å². The summed E-state index contributed by atoms with van der Waals surface area (Å²) < 4.78 is 0. The van der Waals surface area contributed by atoms with E-state index < -0.39 is 0 Å². The molecule has 4 aromatic rings. The molecule has 4 aromatic carbocycles. The predicted octanol–water partition coefficient (Wildman–Crippen LogP) is 7.24. The third-order valence-electron chi connectivity index (χ3n) is 5.39. The Morgan fingerprint density at radius 1 is 0.630 bits per heavy atom. The number of rotatable bonds is 5. The van der Waals surface area contributed by atoms with Gasteiger partial charge in [0.1, 0.15) is 0 Å². The maximum Gasteiger partial charge on any atom is 4.00 e. The first-order valence-electron chi connectivity index (χ1n) is 9.14. The molecule has 138 valence electrons. The molecule has 0 bridgehead atoms. The summed E-state index contributed by atoms with van der Waals surface area (Å²) >= 11 is 0. The summed E-state index contributed by atoms with van der Waals surface area (Å²) in [6.07, 6.45) is 4.51.